The Morgan fingerprint density at radius 1 is 1.17 bits per heavy atom. The fraction of sp³-hybridized carbons (Fsp3) is 0.250. The topological polar surface area (TPSA) is 3.24 Å². The molecule has 0 amide bonds. The normalized spacial score (nSPS) is 11.8. The van der Waals surface area contributed by atoms with E-state index in [4.69, 9.17) is 0 Å². The summed E-state index contributed by atoms with van der Waals surface area (Å²) >= 11 is 0. The van der Waals surface area contributed by atoms with E-state index in [-0.39, 0.29) is 14.0 Å². The van der Waals surface area contributed by atoms with E-state index >= 15 is 0 Å². The van der Waals surface area contributed by atoms with Crippen molar-refractivity contribution in [2.24, 2.45) is 0 Å². The second kappa shape index (κ2) is 3.92. The van der Waals surface area contributed by atoms with Crippen LogP contribution in [-0.4, -0.2) is 18.8 Å². The van der Waals surface area contributed by atoms with Crippen LogP contribution in [0.4, 0.5) is 8.78 Å². The van der Waals surface area contributed by atoms with E-state index < -0.39 is 11.6 Å². The number of hydrogen-bond acceptors (Lipinski definition) is 1. The molecule has 0 aliphatic carbocycles. The van der Waals surface area contributed by atoms with Gasteiger partial charge < -0.3 is 0 Å². The molecule has 0 radical (unpaired) electrons. The summed E-state index contributed by atoms with van der Waals surface area (Å²) in [6.45, 7) is 0. The molecular formula is C8H10F2NP. The molecule has 12 heavy (non-hydrogen) atoms. The third-order valence-corrected chi connectivity index (χ3v) is 2.45. The molecule has 0 aliphatic heterocycles. The van der Waals surface area contributed by atoms with Gasteiger partial charge in [-0.3, -0.25) is 4.67 Å². The van der Waals surface area contributed by atoms with Crippen molar-refractivity contribution in [2.75, 3.05) is 14.1 Å². The molecule has 0 spiro atoms. The van der Waals surface area contributed by atoms with Crippen LogP contribution in [0, 0.1) is 11.6 Å². The maximum Gasteiger partial charge on any atom is 0.134 e. The Balaban J connectivity index is 2.96. The number of halogens is 2. The molecular weight excluding hydrogens is 179 g/mol. The summed E-state index contributed by atoms with van der Waals surface area (Å²) < 4.78 is 27.7. The van der Waals surface area contributed by atoms with Crippen LogP contribution in [-0.2, 0) is 0 Å². The zero-order valence-corrected chi connectivity index (χ0v) is 7.94. The first-order chi connectivity index (χ1) is 5.61. The van der Waals surface area contributed by atoms with Crippen LogP contribution in [0.3, 0.4) is 0 Å². The van der Waals surface area contributed by atoms with E-state index in [0.29, 0.717) is 0 Å². The Bertz CT molecular complexity index is 256. The SMILES string of the molecule is CN(C)Pc1c(F)cccc1F. The van der Waals surface area contributed by atoms with E-state index in [1.54, 1.807) is 18.8 Å². The van der Waals surface area contributed by atoms with Crippen molar-refractivity contribution in [3.8, 4) is 0 Å². The molecule has 0 N–H and O–H groups in total. The van der Waals surface area contributed by atoms with E-state index in [0.717, 1.165) is 0 Å². The summed E-state index contributed by atoms with van der Waals surface area (Å²) in [6, 6.07) is 3.91. The first kappa shape index (κ1) is 9.56. The zero-order chi connectivity index (χ0) is 9.14. The van der Waals surface area contributed by atoms with Gasteiger partial charge in [-0.25, -0.2) is 8.78 Å². The van der Waals surface area contributed by atoms with Crippen molar-refractivity contribution < 1.29 is 8.78 Å². The standard InChI is InChI=1S/C8H10F2NP/c1-11(2)12-8-6(9)4-3-5-7(8)10/h3-5,12H,1-2H3. The van der Waals surface area contributed by atoms with Gasteiger partial charge in [-0.2, -0.15) is 0 Å². The van der Waals surface area contributed by atoms with Crippen LogP contribution in [0.25, 0.3) is 0 Å². The van der Waals surface area contributed by atoms with Crippen LogP contribution in [0.1, 0.15) is 0 Å². The molecule has 1 aromatic carbocycles. The highest BCUT2D eigenvalue weighted by atomic mass is 31.1. The summed E-state index contributed by atoms with van der Waals surface area (Å²) in [7, 11) is 3.61. The first-order valence-corrected chi connectivity index (χ1v) is 4.44. The van der Waals surface area contributed by atoms with Crippen molar-refractivity contribution in [3.05, 3.63) is 29.8 Å². The van der Waals surface area contributed by atoms with E-state index in [2.05, 4.69) is 0 Å². The maximum absolute atomic E-state index is 13.0. The number of rotatable bonds is 2. The van der Waals surface area contributed by atoms with Gasteiger partial charge in [-0.15, -0.1) is 0 Å². The fourth-order valence-corrected chi connectivity index (χ4v) is 1.66. The number of hydrogen-bond donors (Lipinski definition) is 0. The average Bonchev–Trinajstić information content (AvgIpc) is 1.97. The zero-order valence-electron chi connectivity index (χ0n) is 6.94. The van der Waals surface area contributed by atoms with Crippen LogP contribution >= 0.6 is 8.73 Å². The van der Waals surface area contributed by atoms with Gasteiger partial charge in [0.05, 0.1) is 5.30 Å². The average molecular weight is 189 g/mol. The van der Waals surface area contributed by atoms with E-state index in [1.807, 2.05) is 0 Å². The highest BCUT2D eigenvalue weighted by Crippen LogP contribution is 2.16. The van der Waals surface area contributed by atoms with Crippen molar-refractivity contribution in [1.82, 2.24) is 4.67 Å². The van der Waals surface area contributed by atoms with Crippen molar-refractivity contribution in [2.45, 2.75) is 0 Å². The van der Waals surface area contributed by atoms with E-state index in [9.17, 15) is 8.78 Å². The quantitative estimate of drug-likeness (QED) is 0.640. The highest BCUT2D eigenvalue weighted by molar-refractivity contribution is 7.44. The van der Waals surface area contributed by atoms with Gasteiger partial charge >= 0.3 is 0 Å². The van der Waals surface area contributed by atoms with Gasteiger partial charge in [0.25, 0.3) is 0 Å². The van der Waals surface area contributed by atoms with Crippen molar-refractivity contribution in [1.29, 1.82) is 0 Å². The van der Waals surface area contributed by atoms with E-state index in [1.165, 1.54) is 18.2 Å². The fourth-order valence-electron chi connectivity index (χ4n) is 0.828. The summed E-state index contributed by atoms with van der Waals surface area (Å²) in [5.74, 6) is -0.941. The van der Waals surface area contributed by atoms with Gasteiger partial charge in [-0.1, -0.05) is 6.07 Å². The lowest BCUT2D eigenvalue weighted by molar-refractivity contribution is 0.595. The Kier molecular flexibility index (Phi) is 3.12. The smallest absolute Gasteiger partial charge is 0.134 e. The van der Waals surface area contributed by atoms with Crippen LogP contribution in [0.5, 0.6) is 0 Å². The first-order valence-electron chi connectivity index (χ1n) is 3.49. The monoisotopic (exact) mass is 189 g/mol. The largest absolute Gasteiger partial charge is 0.287 e. The molecule has 0 saturated carbocycles. The van der Waals surface area contributed by atoms with Gasteiger partial charge in [0.2, 0.25) is 0 Å². The predicted octanol–water partition coefficient (Wildman–Crippen LogP) is 1.75. The predicted molar refractivity (Wildman–Crippen MR) is 48.0 cm³/mol. The van der Waals surface area contributed by atoms with Crippen LogP contribution < -0.4 is 5.30 Å². The maximum atomic E-state index is 13.0. The Morgan fingerprint density at radius 3 is 2.08 bits per heavy atom. The van der Waals surface area contributed by atoms with Gasteiger partial charge in [0, 0.05) is 0 Å². The highest BCUT2D eigenvalue weighted by Gasteiger charge is 2.08. The second-order valence-electron chi connectivity index (χ2n) is 2.60. The molecule has 1 unspecified atom stereocenters. The summed E-state index contributed by atoms with van der Waals surface area (Å²) in [4.78, 5) is 0. The third-order valence-electron chi connectivity index (χ3n) is 1.30. The molecule has 0 aliphatic rings. The molecule has 1 rings (SSSR count). The molecule has 4 heteroatoms. The molecule has 0 saturated heterocycles. The minimum Gasteiger partial charge on any atom is -0.287 e. The van der Waals surface area contributed by atoms with Gasteiger partial charge in [0.1, 0.15) is 11.6 Å². The lowest BCUT2D eigenvalue weighted by Gasteiger charge is -2.10. The minimum absolute atomic E-state index is 0.0419. The lowest BCUT2D eigenvalue weighted by atomic mass is 10.3. The molecule has 1 atom stereocenters. The summed E-state index contributed by atoms with van der Waals surface area (Å²) in [5, 5.41) is 0.155. The Hall–Kier alpha value is -0.530. The Morgan fingerprint density at radius 2 is 1.67 bits per heavy atom. The summed E-state index contributed by atoms with van der Waals surface area (Å²) in [6.07, 6.45) is 0. The molecule has 1 nitrogen and oxygen atoms in total. The minimum atomic E-state index is -0.470. The molecule has 0 bridgehead atoms. The lowest BCUT2D eigenvalue weighted by Crippen LogP contribution is -2.13. The molecule has 66 valence electrons. The van der Waals surface area contributed by atoms with Crippen molar-refractivity contribution >= 4 is 14.0 Å². The third kappa shape index (κ3) is 2.23. The molecule has 1 aromatic rings. The van der Waals surface area contributed by atoms with Gasteiger partial charge in [0.15, 0.2) is 0 Å². The van der Waals surface area contributed by atoms with Crippen LogP contribution in [0.2, 0.25) is 0 Å². The van der Waals surface area contributed by atoms with Gasteiger partial charge in [-0.05, 0) is 35.0 Å². The summed E-state index contributed by atoms with van der Waals surface area (Å²) in [5.41, 5.74) is 0. The van der Waals surface area contributed by atoms with Crippen LogP contribution in [0.15, 0.2) is 18.2 Å². The molecule has 0 heterocycles. The Labute approximate surface area is 72.2 Å². The molecule has 0 aromatic heterocycles. The molecule has 0 fully saturated rings. The number of nitrogens with zero attached hydrogens (tertiary/aromatic N) is 1. The number of benzene rings is 1. The second-order valence-corrected chi connectivity index (χ2v) is 4.22. The van der Waals surface area contributed by atoms with Crippen molar-refractivity contribution in [3.63, 3.8) is 0 Å².